The van der Waals surface area contributed by atoms with Gasteiger partial charge in [0.05, 0.1) is 30.0 Å². The number of nitriles is 1. The Hall–Kier alpha value is -4.05. The quantitative estimate of drug-likeness (QED) is 0.225. The summed E-state index contributed by atoms with van der Waals surface area (Å²) in [5.41, 5.74) is 8.64. The molecule has 4 heterocycles. The van der Waals surface area contributed by atoms with Crippen molar-refractivity contribution < 1.29 is 14.3 Å². The summed E-state index contributed by atoms with van der Waals surface area (Å²) in [6.07, 6.45) is 9.08. The average molecular weight is 614 g/mol. The van der Waals surface area contributed by atoms with Gasteiger partial charge in [-0.05, 0) is 64.0 Å². The fraction of sp³-hybridized carbons (Fsp3) is 0.545. The van der Waals surface area contributed by atoms with Crippen molar-refractivity contribution in [2.24, 2.45) is 17.6 Å². The van der Waals surface area contributed by atoms with Crippen molar-refractivity contribution in [3.05, 3.63) is 47.9 Å². The summed E-state index contributed by atoms with van der Waals surface area (Å²) in [5, 5.41) is 19.6. The van der Waals surface area contributed by atoms with Gasteiger partial charge >= 0.3 is 0 Å². The van der Waals surface area contributed by atoms with Crippen molar-refractivity contribution in [2.45, 2.75) is 63.6 Å². The van der Waals surface area contributed by atoms with Crippen molar-refractivity contribution in [1.29, 1.82) is 5.26 Å². The second-order valence-electron chi connectivity index (χ2n) is 13.1. The lowest BCUT2D eigenvalue weighted by Gasteiger charge is -2.28. The van der Waals surface area contributed by atoms with E-state index in [1.807, 2.05) is 36.7 Å². The van der Waals surface area contributed by atoms with Crippen molar-refractivity contribution >= 4 is 28.5 Å². The summed E-state index contributed by atoms with van der Waals surface area (Å²) in [6, 6.07) is 7.73. The smallest absolute Gasteiger partial charge is 0.255 e. The SMILES string of the molecule is CC(C)Nc1cc(-n2ccc3cc(C#N)cnc32)ncc1C(=O)NC1CCC(C(=O)NCCOCCN2C[C@H]3C[C@@]3(N)C2)CC1. The van der Waals surface area contributed by atoms with E-state index in [1.165, 1.54) is 6.20 Å². The number of hydrogen-bond acceptors (Lipinski definition) is 9. The Kier molecular flexibility index (Phi) is 9.03. The van der Waals surface area contributed by atoms with Gasteiger partial charge in [0.2, 0.25) is 5.91 Å². The minimum atomic E-state index is -0.191. The first-order valence-electron chi connectivity index (χ1n) is 16.0. The molecule has 2 saturated carbocycles. The van der Waals surface area contributed by atoms with Gasteiger partial charge in [-0.1, -0.05) is 0 Å². The Morgan fingerprint density at radius 2 is 2.00 bits per heavy atom. The number of amides is 2. The lowest BCUT2D eigenvalue weighted by atomic mass is 9.85. The molecule has 0 radical (unpaired) electrons. The summed E-state index contributed by atoms with van der Waals surface area (Å²) in [7, 11) is 0. The van der Waals surface area contributed by atoms with E-state index in [9.17, 15) is 14.9 Å². The zero-order chi connectivity index (χ0) is 31.6. The van der Waals surface area contributed by atoms with Gasteiger partial charge < -0.3 is 26.4 Å². The van der Waals surface area contributed by atoms with E-state index >= 15 is 0 Å². The van der Waals surface area contributed by atoms with Crippen LogP contribution < -0.4 is 21.7 Å². The molecule has 12 heteroatoms. The number of aromatic nitrogens is 3. The fourth-order valence-corrected chi connectivity index (χ4v) is 6.71. The molecule has 0 bridgehead atoms. The van der Waals surface area contributed by atoms with E-state index in [0.29, 0.717) is 54.0 Å². The highest BCUT2D eigenvalue weighted by molar-refractivity contribution is 6.00. The molecular formula is C33H43N9O3. The number of piperidine rings is 1. The van der Waals surface area contributed by atoms with Crippen LogP contribution in [0.25, 0.3) is 16.9 Å². The van der Waals surface area contributed by atoms with Gasteiger partial charge in [0.1, 0.15) is 17.5 Å². The van der Waals surface area contributed by atoms with Crippen molar-refractivity contribution in [2.75, 3.05) is 44.7 Å². The predicted molar refractivity (Wildman–Crippen MR) is 171 cm³/mol. The Morgan fingerprint density at radius 1 is 1.18 bits per heavy atom. The van der Waals surface area contributed by atoms with Crippen molar-refractivity contribution in [3.8, 4) is 11.9 Å². The standard InChI is InChI=1S/C33H43N9O3/c1-21(2)39-28-14-29(42-9-7-24-13-22(16-34)17-38-30(24)42)37-18-27(28)32(44)40-26-5-3-23(4-6-26)31(43)36-8-11-45-12-10-41-19-25-15-33(25,35)20-41/h7,9,13-14,17-18,21,23,25-26H,3-6,8,10-12,15,19-20,35H2,1-2H3,(H,36,43)(H,37,39)(H,40,44)/t23?,25-,26?,33-/m1/s1. The van der Waals surface area contributed by atoms with Crippen LogP contribution in [0.1, 0.15) is 61.9 Å². The molecule has 5 N–H and O–H groups in total. The number of likely N-dealkylation sites (tertiary alicyclic amines) is 1. The van der Waals surface area contributed by atoms with Crippen molar-refractivity contribution in [3.63, 3.8) is 0 Å². The third-order valence-corrected chi connectivity index (χ3v) is 9.29. The number of carbonyl (C=O) groups excluding carboxylic acids is 2. The first-order valence-corrected chi connectivity index (χ1v) is 16.0. The van der Waals surface area contributed by atoms with Gasteiger partial charge in [0, 0.05) is 79.8 Å². The van der Waals surface area contributed by atoms with Crippen LogP contribution >= 0.6 is 0 Å². The van der Waals surface area contributed by atoms with Crippen LogP contribution in [0.2, 0.25) is 0 Å². The van der Waals surface area contributed by atoms with E-state index in [2.05, 4.69) is 36.9 Å². The van der Waals surface area contributed by atoms with Crippen LogP contribution in [0.4, 0.5) is 5.69 Å². The summed E-state index contributed by atoms with van der Waals surface area (Å²) in [4.78, 5) is 37.6. The number of rotatable bonds is 12. The number of fused-ring (bicyclic) bond motifs is 2. The number of ether oxygens (including phenoxy) is 1. The Balaban J connectivity index is 0.967. The third kappa shape index (κ3) is 7.11. The number of anilines is 1. The molecule has 0 aromatic carbocycles. The van der Waals surface area contributed by atoms with Gasteiger partial charge in [-0.2, -0.15) is 5.26 Å². The Labute approximate surface area is 263 Å². The molecule has 3 aliphatic rings. The highest BCUT2D eigenvalue weighted by atomic mass is 16.5. The fourth-order valence-electron chi connectivity index (χ4n) is 6.71. The highest BCUT2D eigenvalue weighted by Gasteiger charge is 2.56. The lowest BCUT2D eigenvalue weighted by molar-refractivity contribution is -0.126. The molecule has 12 nitrogen and oxygen atoms in total. The largest absolute Gasteiger partial charge is 0.382 e. The van der Waals surface area contributed by atoms with E-state index < -0.39 is 0 Å². The number of carbonyl (C=O) groups is 2. The summed E-state index contributed by atoms with van der Waals surface area (Å²) in [5.74, 6) is 1.10. The Bertz CT molecular complexity index is 1590. The van der Waals surface area contributed by atoms with Crippen LogP contribution in [-0.4, -0.2) is 88.3 Å². The molecule has 1 saturated heterocycles. The number of nitrogens with one attached hydrogen (secondary N) is 3. The second kappa shape index (κ2) is 13.1. The van der Waals surface area contributed by atoms with Gasteiger partial charge in [-0.3, -0.25) is 19.1 Å². The minimum Gasteiger partial charge on any atom is -0.382 e. The zero-order valence-corrected chi connectivity index (χ0v) is 26.1. The van der Waals surface area contributed by atoms with Crippen LogP contribution in [0, 0.1) is 23.2 Å². The van der Waals surface area contributed by atoms with Crippen LogP contribution in [0.15, 0.2) is 36.8 Å². The highest BCUT2D eigenvalue weighted by Crippen LogP contribution is 2.46. The summed E-state index contributed by atoms with van der Waals surface area (Å²) < 4.78 is 7.58. The monoisotopic (exact) mass is 613 g/mol. The van der Waals surface area contributed by atoms with E-state index in [4.69, 9.17) is 10.5 Å². The molecule has 0 unspecified atom stereocenters. The predicted octanol–water partition coefficient (Wildman–Crippen LogP) is 2.57. The van der Waals surface area contributed by atoms with Gasteiger partial charge in [-0.15, -0.1) is 0 Å². The molecule has 2 amide bonds. The number of nitrogens with two attached hydrogens (primary N) is 1. The first-order chi connectivity index (χ1) is 21.7. The lowest BCUT2D eigenvalue weighted by Crippen LogP contribution is -2.41. The van der Waals surface area contributed by atoms with Gasteiger partial charge in [0.25, 0.3) is 5.91 Å². The molecule has 6 rings (SSSR count). The minimum absolute atomic E-state index is 0.00679. The Morgan fingerprint density at radius 3 is 2.73 bits per heavy atom. The van der Waals surface area contributed by atoms with E-state index in [-0.39, 0.29) is 35.4 Å². The maximum absolute atomic E-state index is 13.4. The van der Waals surface area contributed by atoms with Gasteiger partial charge in [0.15, 0.2) is 0 Å². The summed E-state index contributed by atoms with van der Waals surface area (Å²) >= 11 is 0. The number of nitrogens with zero attached hydrogens (tertiary/aromatic N) is 5. The van der Waals surface area contributed by atoms with Crippen LogP contribution in [-0.2, 0) is 9.53 Å². The molecule has 0 spiro atoms. The molecule has 238 valence electrons. The van der Waals surface area contributed by atoms with Crippen molar-refractivity contribution in [1.82, 2.24) is 30.1 Å². The maximum atomic E-state index is 13.4. The normalized spacial score (nSPS) is 24.3. The molecule has 2 aliphatic carbocycles. The number of hydrogen-bond donors (Lipinski definition) is 4. The molecule has 2 atom stereocenters. The zero-order valence-electron chi connectivity index (χ0n) is 26.1. The third-order valence-electron chi connectivity index (χ3n) is 9.29. The maximum Gasteiger partial charge on any atom is 0.255 e. The van der Waals surface area contributed by atoms with E-state index in [0.717, 1.165) is 57.1 Å². The van der Waals surface area contributed by atoms with Crippen LogP contribution in [0.3, 0.4) is 0 Å². The molecule has 3 aromatic rings. The number of pyridine rings is 2. The average Bonchev–Trinajstić information content (AvgIpc) is 3.32. The molecule has 45 heavy (non-hydrogen) atoms. The summed E-state index contributed by atoms with van der Waals surface area (Å²) in [6.45, 7) is 8.63. The second-order valence-corrected chi connectivity index (χ2v) is 13.1. The molecule has 3 aromatic heterocycles. The molecular weight excluding hydrogens is 570 g/mol. The topological polar surface area (TPSA) is 163 Å². The molecule has 1 aliphatic heterocycles. The van der Waals surface area contributed by atoms with E-state index in [1.54, 1.807) is 12.3 Å². The first kappa shape index (κ1) is 31.0. The van der Waals surface area contributed by atoms with Crippen LogP contribution in [0.5, 0.6) is 0 Å². The molecule has 3 fully saturated rings. The van der Waals surface area contributed by atoms with Gasteiger partial charge in [-0.25, -0.2) is 9.97 Å².